The number of anilines is 1. The smallest absolute Gasteiger partial charge is 0.252 e. The second kappa shape index (κ2) is 5.07. The molecule has 14 heavy (non-hydrogen) atoms. The van der Waals surface area contributed by atoms with E-state index >= 15 is 0 Å². The van der Waals surface area contributed by atoms with Crippen LogP contribution in [0.4, 0.5) is 5.82 Å². The number of H-pyrrole nitrogens is 1. The Hall–Kier alpha value is -1.76. The Kier molecular flexibility index (Phi) is 3.74. The average molecular weight is 191 g/mol. The summed E-state index contributed by atoms with van der Waals surface area (Å²) < 4.78 is 0. The predicted octanol–water partition coefficient (Wildman–Crippen LogP) is 0.767. The number of hydrogen-bond donors (Lipinski definition) is 2. The molecule has 74 valence electrons. The summed E-state index contributed by atoms with van der Waals surface area (Å²) in [5, 5.41) is 2.99. The first kappa shape index (κ1) is 10.3. The van der Waals surface area contributed by atoms with Gasteiger partial charge in [0.2, 0.25) is 0 Å². The molecule has 1 aromatic rings. The lowest BCUT2D eigenvalue weighted by Crippen LogP contribution is -2.13. The van der Waals surface area contributed by atoms with E-state index in [0.29, 0.717) is 31.0 Å². The third-order valence-electron chi connectivity index (χ3n) is 1.70. The topological polar surface area (TPSA) is 57.8 Å². The summed E-state index contributed by atoms with van der Waals surface area (Å²) in [6, 6.07) is 1.43. The summed E-state index contributed by atoms with van der Waals surface area (Å²) in [6.45, 7) is 2.57. The zero-order chi connectivity index (χ0) is 10.4. The van der Waals surface area contributed by atoms with Crippen LogP contribution in [0.2, 0.25) is 0 Å². The van der Waals surface area contributed by atoms with Crippen LogP contribution in [0.25, 0.3) is 0 Å². The van der Waals surface area contributed by atoms with Crippen molar-refractivity contribution in [1.82, 2.24) is 9.97 Å². The molecule has 2 N–H and O–H groups in total. The van der Waals surface area contributed by atoms with Crippen molar-refractivity contribution in [2.75, 3.05) is 11.9 Å². The molecule has 0 saturated heterocycles. The first-order chi connectivity index (χ1) is 6.76. The maximum Gasteiger partial charge on any atom is 0.252 e. The molecule has 1 aromatic heterocycles. The van der Waals surface area contributed by atoms with E-state index in [-0.39, 0.29) is 5.56 Å². The third kappa shape index (κ3) is 2.94. The minimum Gasteiger partial charge on any atom is -0.369 e. The van der Waals surface area contributed by atoms with Crippen molar-refractivity contribution in [2.45, 2.75) is 19.8 Å². The number of hydrogen-bond acceptors (Lipinski definition) is 3. The molecule has 0 atom stereocenters. The monoisotopic (exact) mass is 191 g/mol. The molecule has 4 heteroatoms. The van der Waals surface area contributed by atoms with Gasteiger partial charge in [0.15, 0.2) is 0 Å². The normalized spacial score (nSPS) is 9.43. The van der Waals surface area contributed by atoms with E-state index in [9.17, 15) is 4.79 Å². The quantitative estimate of drug-likeness (QED) is 0.546. The Morgan fingerprint density at radius 1 is 1.71 bits per heavy atom. The molecular weight excluding hydrogens is 178 g/mol. The van der Waals surface area contributed by atoms with E-state index in [1.807, 2.05) is 6.92 Å². The van der Waals surface area contributed by atoms with E-state index in [4.69, 9.17) is 6.42 Å². The van der Waals surface area contributed by atoms with Crippen molar-refractivity contribution in [3.63, 3.8) is 0 Å². The number of rotatable bonds is 4. The maximum atomic E-state index is 11.1. The Morgan fingerprint density at radius 3 is 3.14 bits per heavy atom. The third-order valence-corrected chi connectivity index (χ3v) is 1.70. The second-order valence-corrected chi connectivity index (χ2v) is 2.81. The van der Waals surface area contributed by atoms with Crippen molar-refractivity contribution in [3.05, 3.63) is 22.2 Å². The second-order valence-electron chi connectivity index (χ2n) is 2.81. The van der Waals surface area contributed by atoms with Gasteiger partial charge in [0.1, 0.15) is 11.6 Å². The van der Waals surface area contributed by atoms with E-state index < -0.39 is 0 Å². The van der Waals surface area contributed by atoms with Crippen LogP contribution in [0.3, 0.4) is 0 Å². The average Bonchev–Trinajstić information content (AvgIpc) is 2.17. The molecule has 0 amide bonds. The van der Waals surface area contributed by atoms with Crippen LogP contribution in [-0.2, 0) is 6.42 Å². The SMILES string of the molecule is C#CCCNc1cc(=O)[nH]c(CC)n1. The molecule has 0 spiro atoms. The molecule has 1 heterocycles. The number of aromatic nitrogens is 2. The largest absolute Gasteiger partial charge is 0.369 e. The Labute approximate surface area is 82.8 Å². The van der Waals surface area contributed by atoms with Crippen molar-refractivity contribution >= 4 is 5.82 Å². The lowest BCUT2D eigenvalue weighted by atomic mass is 10.4. The van der Waals surface area contributed by atoms with Gasteiger partial charge < -0.3 is 10.3 Å². The van der Waals surface area contributed by atoms with Crippen LogP contribution in [0.1, 0.15) is 19.2 Å². The molecule has 0 aliphatic carbocycles. The summed E-state index contributed by atoms with van der Waals surface area (Å²) in [4.78, 5) is 18.0. The number of aromatic amines is 1. The molecule has 0 aliphatic heterocycles. The first-order valence-corrected chi connectivity index (χ1v) is 4.54. The van der Waals surface area contributed by atoms with E-state index in [1.54, 1.807) is 0 Å². The van der Waals surface area contributed by atoms with Gasteiger partial charge in [0.25, 0.3) is 5.56 Å². The fourth-order valence-corrected chi connectivity index (χ4v) is 1.03. The molecule has 0 bridgehead atoms. The minimum atomic E-state index is -0.139. The van der Waals surface area contributed by atoms with E-state index in [2.05, 4.69) is 21.2 Å². The maximum absolute atomic E-state index is 11.1. The van der Waals surface area contributed by atoms with Gasteiger partial charge in [-0.3, -0.25) is 4.79 Å². The summed E-state index contributed by atoms with van der Waals surface area (Å²) in [6.07, 6.45) is 6.43. The van der Waals surface area contributed by atoms with Crippen LogP contribution >= 0.6 is 0 Å². The summed E-state index contributed by atoms with van der Waals surface area (Å²) in [5.74, 6) is 3.77. The summed E-state index contributed by atoms with van der Waals surface area (Å²) in [7, 11) is 0. The van der Waals surface area contributed by atoms with Gasteiger partial charge in [-0.05, 0) is 0 Å². The highest BCUT2D eigenvalue weighted by Crippen LogP contribution is 1.98. The highest BCUT2D eigenvalue weighted by atomic mass is 16.1. The number of terminal acetylenes is 1. The molecule has 0 saturated carbocycles. The van der Waals surface area contributed by atoms with E-state index in [1.165, 1.54) is 6.07 Å². The molecule has 0 fully saturated rings. The van der Waals surface area contributed by atoms with Gasteiger partial charge in [0.05, 0.1) is 0 Å². The van der Waals surface area contributed by atoms with Gasteiger partial charge >= 0.3 is 0 Å². The molecule has 0 aromatic carbocycles. The zero-order valence-corrected chi connectivity index (χ0v) is 8.13. The lowest BCUT2D eigenvalue weighted by Gasteiger charge is -2.03. The Balaban J connectivity index is 2.72. The van der Waals surface area contributed by atoms with Gasteiger partial charge in [-0.25, -0.2) is 4.98 Å². The molecule has 0 radical (unpaired) electrons. The van der Waals surface area contributed by atoms with Gasteiger partial charge in [0, 0.05) is 25.5 Å². The van der Waals surface area contributed by atoms with Crippen LogP contribution in [-0.4, -0.2) is 16.5 Å². The van der Waals surface area contributed by atoms with Crippen molar-refractivity contribution in [1.29, 1.82) is 0 Å². The minimum absolute atomic E-state index is 0.139. The fraction of sp³-hybridized carbons (Fsp3) is 0.400. The van der Waals surface area contributed by atoms with Gasteiger partial charge in [-0.2, -0.15) is 0 Å². The van der Waals surface area contributed by atoms with Crippen molar-refractivity contribution < 1.29 is 0 Å². The molecular formula is C10H13N3O. The Bertz CT molecular complexity index is 389. The molecule has 0 aliphatic rings. The summed E-state index contributed by atoms with van der Waals surface area (Å²) >= 11 is 0. The highest BCUT2D eigenvalue weighted by Gasteiger charge is 1.97. The molecule has 1 rings (SSSR count). The van der Waals surface area contributed by atoms with Crippen molar-refractivity contribution in [2.24, 2.45) is 0 Å². The summed E-state index contributed by atoms with van der Waals surface area (Å²) in [5.41, 5.74) is -0.139. The van der Waals surface area contributed by atoms with Gasteiger partial charge in [-0.1, -0.05) is 6.92 Å². The predicted molar refractivity (Wildman–Crippen MR) is 56.2 cm³/mol. The zero-order valence-electron chi connectivity index (χ0n) is 8.13. The van der Waals surface area contributed by atoms with Crippen LogP contribution in [0.15, 0.2) is 10.9 Å². The number of nitrogens with one attached hydrogen (secondary N) is 2. The van der Waals surface area contributed by atoms with Crippen LogP contribution in [0, 0.1) is 12.3 Å². The highest BCUT2D eigenvalue weighted by molar-refractivity contribution is 5.32. The molecule has 4 nitrogen and oxygen atoms in total. The standard InChI is InChI=1S/C10H13N3O/c1-3-5-6-11-9-7-10(14)13-8(4-2)12-9/h1,7H,4-6H2,2H3,(H2,11,12,13,14). The fourth-order valence-electron chi connectivity index (χ4n) is 1.03. The Morgan fingerprint density at radius 2 is 2.50 bits per heavy atom. The number of nitrogens with zero attached hydrogens (tertiary/aromatic N) is 1. The van der Waals surface area contributed by atoms with Crippen LogP contribution in [0.5, 0.6) is 0 Å². The first-order valence-electron chi connectivity index (χ1n) is 4.54. The molecule has 0 unspecified atom stereocenters. The van der Waals surface area contributed by atoms with Crippen molar-refractivity contribution in [3.8, 4) is 12.3 Å². The van der Waals surface area contributed by atoms with Crippen LogP contribution < -0.4 is 10.9 Å². The van der Waals surface area contributed by atoms with E-state index in [0.717, 1.165) is 0 Å². The van der Waals surface area contributed by atoms with Gasteiger partial charge in [-0.15, -0.1) is 12.3 Å². The number of aryl methyl sites for hydroxylation is 1. The lowest BCUT2D eigenvalue weighted by molar-refractivity contribution is 0.914.